The number of hydrogen-bond acceptors (Lipinski definition) is 2. The Morgan fingerprint density at radius 2 is 1.83 bits per heavy atom. The zero-order chi connectivity index (χ0) is 13.3. The van der Waals surface area contributed by atoms with Crippen molar-refractivity contribution in [3.05, 3.63) is 64.7 Å². The largest absolute Gasteiger partial charge is 0.398 e. The van der Waals surface area contributed by atoms with Crippen molar-refractivity contribution in [1.29, 1.82) is 0 Å². The van der Waals surface area contributed by atoms with Crippen LogP contribution in [-0.4, -0.2) is 5.78 Å². The molecule has 0 unspecified atom stereocenters. The summed E-state index contributed by atoms with van der Waals surface area (Å²) in [7, 11) is 0. The molecule has 2 rings (SSSR count). The maximum atomic E-state index is 13.1. The molecule has 0 saturated heterocycles. The molecule has 4 heteroatoms. The van der Waals surface area contributed by atoms with Gasteiger partial charge in [-0.15, -0.1) is 0 Å². The quantitative estimate of drug-likeness (QED) is 0.654. The highest BCUT2D eigenvalue weighted by Crippen LogP contribution is 2.19. The molecule has 2 aromatic rings. The lowest BCUT2D eigenvalue weighted by molar-refractivity contribution is 0.103. The molecule has 0 aromatic heterocycles. The third-order valence-electron chi connectivity index (χ3n) is 2.68. The molecular formula is C14H11F2NO. The lowest BCUT2D eigenvalue weighted by Crippen LogP contribution is -2.06. The van der Waals surface area contributed by atoms with Crippen LogP contribution >= 0.6 is 0 Å². The van der Waals surface area contributed by atoms with E-state index < -0.39 is 5.82 Å². The first-order valence-electron chi connectivity index (χ1n) is 5.35. The monoisotopic (exact) mass is 247 g/mol. The van der Waals surface area contributed by atoms with Gasteiger partial charge in [-0.1, -0.05) is 0 Å². The van der Waals surface area contributed by atoms with Crippen LogP contribution in [0.1, 0.15) is 21.5 Å². The van der Waals surface area contributed by atoms with Gasteiger partial charge in [0.15, 0.2) is 5.78 Å². The Labute approximate surface area is 103 Å². The fourth-order valence-electron chi connectivity index (χ4n) is 1.68. The van der Waals surface area contributed by atoms with Crippen molar-refractivity contribution < 1.29 is 13.6 Å². The van der Waals surface area contributed by atoms with Crippen LogP contribution < -0.4 is 5.73 Å². The van der Waals surface area contributed by atoms with Crippen molar-refractivity contribution in [2.75, 3.05) is 5.73 Å². The van der Waals surface area contributed by atoms with Gasteiger partial charge in [-0.3, -0.25) is 4.79 Å². The van der Waals surface area contributed by atoms with E-state index in [-0.39, 0.29) is 22.9 Å². The van der Waals surface area contributed by atoms with Gasteiger partial charge in [-0.05, 0) is 48.9 Å². The normalized spacial score (nSPS) is 10.4. The van der Waals surface area contributed by atoms with E-state index in [0.717, 1.165) is 6.07 Å². The van der Waals surface area contributed by atoms with Crippen molar-refractivity contribution in [1.82, 2.24) is 0 Å². The van der Waals surface area contributed by atoms with Crippen molar-refractivity contribution in [3.63, 3.8) is 0 Å². The van der Waals surface area contributed by atoms with Gasteiger partial charge in [0.25, 0.3) is 0 Å². The highest BCUT2D eigenvalue weighted by atomic mass is 19.1. The van der Waals surface area contributed by atoms with E-state index in [1.54, 1.807) is 6.92 Å². The molecule has 2 nitrogen and oxygen atoms in total. The van der Waals surface area contributed by atoms with E-state index >= 15 is 0 Å². The van der Waals surface area contributed by atoms with E-state index in [1.165, 1.54) is 30.3 Å². The number of anilines is 1. The van der Waals surface area contributed by atoms with Gasteiger partial charge in [-0.2, -0.15) is 0 Å². The number of ketones is 1. The number of carbonyl (C=O) groups is 1. The average Bonchev–Trinajstić information content (AvgIpc) is 2.32. The Balaban J connectivity index is 2.44. The van der Waals surface area contributed by atoms with Gasteiger partial charge in [0.05, 0.1) is 0 Å². The van der Waals surface area contributed by atoms with Gasteiger partial charge in [0.1, 0.15) is 11.6 Å². The molecule has 0 aliphatic carbocycles. The maximum absolute atomic E-state index is 13.1. The molecule has 18 heavy (non-hydrogen) atoms. The van der Waals surface area contributed by atoms with Gasteiger partial charge in [-0.25, -0.2) is 8.78 Å². The molecule has 0 saturated carbocycles. The number of nitrogens with two attached hydrogens (primary N) is 1. The Kier molecular flexibility index (Phi) is 3.10. The average molecular weight is 247 g/mol. The van der Waals surface area contributed by atoms with Crippen molar-refractivity contribution >= 4 is 11.5 Å². The molecule has 2 aromatic carbocycles. The Morgan fingerprint density at radius 1 is 1.11 bits per heavy atom. The Bertz CT molecular complexity index is 623. The molecule has 0 aliphatic rings. The van der Waals surface area contributed by atoms with E-state index in [2.05, 4.69) is 0 Å². The minimum atomic E-state index is -0.501. The van der Waals surface area contributed by atoms with Crippen LogP contribution in [0.2, 0.25) is 0 Å². The Hall–Kier alpha value is -2.23. The number of nitrogen functional groups attached to an aromatic ring is 1. The molecule has 92 valence electrons. The van der Waals surface area contributed by atoms with Gasteiger partial charge in [0, 0.05) is 16.8 Å². The lowest BCUT2D eigenvalue weighted by atomic mass is 10.00. The minimum absolute atomic E-state index is 0.0713. The lowest BCUT2D eigenvalue weighted by Gasteiger charge is -2.06. The molecule has 0 spiro atoms. The summed E-state index contributed by atoms with van der Waals surface area (Å²) in [5, 5.41) is 0. The SMILES string of the molecule is Cc1cc(C(=O)c2ccc(F)cc2N)ccc1F. The van der Waals surface area contributed by atoms with Gasteiger partial charge < -0.3 is 5.73 Å². The summed E-state index contributed by atoms with van der Waals surface area (Å²) in [5.74, 6) is -1.23. The smallest absolute Gasteiger partial charge is 0.195 e. The summed E-state index contributed by atoms with van der Waals surface area (Å²) in [6, 6.07) is 7.63. The van der Waals surface area contributed by atoms with Crippen LogP contribution in [0.5, 0.6) is 0 Å². The van der Waals surface area contributed by atoms with E-state index in [4.69, 9.17) is 5.73 Å². The predicted molar refractivity (Wildman–Crippen MR) is 65.4 cm³/mol. The zero-order valence-corrected chi connectivity index (χ0v) is 9.71. The molecule has 0 amide bonds. The number of rotatable bonds is 2. The van der Waals surface area contributed by atoms with Crippen molar-refractivity contribution in [3.8, 4) is 0 Å². The third-order valence-corrected chi connectivity index (χ3v) is 2.68. The summed E-state index contributed by atoms with van der Waals surface area (Å²) in [6.07, 6.45) is 0. The van der Waals surface area contributed by atoms with E-state index in [0.29, 0.717) is 11.1 Å². The second-order valence-electron chi connectivity index (χ2n) is 4.02. The number of halogens is 2. The standard InChI is InChI=1S/C14H11F2NO/c1-8-6-9(2-5-12(8)16)14(18)11-4-3-10(15)7-13(11)17/h2-7H,17H2,1H3. The summed E-state index contributed by atoms with van der Waals surface area (Å²) in [5.41, 5.74) is 6.58. The zero-order valence-electron chi connectivity index (χ0n) is 9.71. The summed E-state index contributed by atoms with van der Waals surface area (Å²) in [6.45, 7) is 1.57. The van der Waals surface area contributed by atoms with E-state index in [1.807, 2.05) is 0 Å². The highest BCUT2D eigenvalue weighted by Gasteiger charge is 2.13. The van der Waals surface area contributed by atoms with Crippen molar-refractivity contribution in [2.45, 2.75) is 6.92 Å². The second kappa shape index (κ2) is 4.56. The van der Waals surface area contributed by atoms with Crippen LogP contribution in [0.15, 0.2) is 36.4 Å². The number of carbonyl (C=O) groups excluding carboxylic acids is 1. The van der Waals surface area contributed by atoms with Gasteiger partial charge >= 0.3 is 0 Å². The number of hydrogen-bond donors (Lipinski definition) is 1. The van der Waals surface area contributed by atoms with Crippen LogP contribution in [0.25, 0.3) is 0 Å². The van der Waals surface area contributed by atoms with Crippen LogP contribution in [0.4, 0.5) is 14.5 Å². The summed E-state index contributed by atoms with van der Waals surface area (Å²) in [4.78, 5) is 12.1. The fourth-order valence-corrected chi connectivity index (χ4v) is 1.68. The number of benzene rings is 2. The molecule has 0 fully saturated rings. The summed E-state index contributed by atoms with van der Waals surface area (Å²) < 4.78 is 26.0. The molecule has 0 radical (unpaired) electrons. The van der Waals surface area contributed by atoms with Crippen LogP contribution in [-0.2, 0) is 0 Å². The number of aryl methyl sites for hydroxylation is 1. The van der Waals surface area contributed by atoms with Crippen LogP contribution in [0, 0.1) is 18.6 Å². The first kappa shape index (κ1) is 12.2. The molecule has 0 aliphatic heterocycles. The second-order valence-corrected chi connectivity index (χ2v) is 4.02. The fraction of sp³-hybridized carbons (Fsp3) is 0.0714. The highest BCUT2D eigenvalue weighted by molar-refractivity contribution is 6.12. The molecule has 0 heterocycles. The molecule has 2 N–H and O–H groups in total. The molecule has 0 atom stereocenters. The molecule has 0 bridgehead atoms. The topological polar surface area (TPSA) is 43.1 Å². The summed E-state index contributed by atoms with van der Waals surface area (Å²) >= 11 is 0. The minimum Gasteiger partial charge on any atom is -0.398 e. The molecular weight excluding hydrogens is 236 g/mol. The van der Waals surface area contributed by atoms with Crippen LogP contribution in [0.3, 0.4) is 0 Å². The van der Waals surface area contributed by atoms with Crippen molar-refractivity contribution in [2.24, 2.45) is 0 Å². The Morgan fingerprint density at radius 3 is 2.44 bits per heavy atom. The third kappa shape index (κ3) is 2.22. The van der Waals surface area contributed by atoms with Gasteiger partial charge in [0.2, 0.25) is 0 Å². The first-order chi connectivity index (χ1) is 8.49. The van der Waals surface area contributed by atoms with E-state index in [9.17, 15) is 13.6 Å². The predicted octanol–water partition coefficient (Wildman–Crippen LogP) is 3.09. The first-order valence-corrected chi connectivity index (χ1v) is 5.35. The maximum Gasteiger partial charge on any atom is 0.195 e.